The first-order chi connectivity index (χ1) is 4.36. The Morgan fingerprint density at radius 1 is 0.750 bits per heavy atom. The summed E-state index contributed by atoms with van der Waals surface area (Å²) in [5, 5.41) is 0. The van der Waals surface area contributed by atoms with E-state index in [1.54, 1.807) is 0 Å². The molecule has 0 aliphatic carbocycles. The van der Waals surface area contributed by atoms with Gasteiger partial charge < -0.3 is 6.15 Å². The van der Waals surface area contributed by atoms with Crippen LogP contribution in [0.5, 0.6) is 0 Å². The van der Waals surface area contributed by atoms with E-state index >= 15 is 0 Å². The van der Waals surface area contributed by atoms with Crippen LogP contribution in [-0.2, 0) is 7.66 Å². The van der Waals surface area contributed by atoms with Gasteiger partial charge in [-0.25, -0.2) is 0 Å². The summed E-state index contributed by atoms with van der Waals surface area (Å²) in [7, 11) is 25.0. The van der Waals surface area contributed by atoms with Crippen LogP contribution in [0.1, 0.15) is 26.7 Å². The van der Waals surface area contributed by atoms with Crippen LogP contribution < -0.4 is 6.15 Å². The molecule has 0 amide bonds. The van der Waals surface area contributed by atoms with E-state index in [9.17, 15) is 0 Å². The molecule has 82 valence electrons. The van der Waals surface area contributed by atoms with Gasteiger partial charge in [-0.05, 0) is 0 Å². The van der Waals surface area contributed by atoms with E-state index in [0.29, 0.717) is 0 Å². The third kappa shape index (κ3) is 139. The third-order valence-corrected chi connectivity index (χ3v) is 0.500. The van der Waals surface area contributed by atoms with Crippen molar-refractivity contribution in [1.29, 1.82) is 0 Å². The Morgan fingerprint density at radius 2 is 0.833 bits per heavy atom. The molecule has 0 unspecified atom stereocenters. The van der Waals surface area contributed by atoms with Gasteiger partial charge in [0.05, 0.1) is 0 Å². The van der Waals surface area contributed by atoms with Gasteiger partial charge in [0.1, 0.15) is 0 Å². The van der Waals surface area contributed by atoms with Crippen molar-refractivity contribution in [3.05, 3.63) is 0 Å². The standard InChI is InChI=1S/C4H10.6ClH.H3N.Ti/c1-3-4-2;;;;;;;;/h3-4H2,1-2H3;6*1H;1H3;/q;;;;;;;;+4/p-5. The summed E-state index contributed by atoms with van der Waals surface area (Å²) in [4.78, 5) is 0. The van der Waals surface area contributed by atoms with Gasteiger partial charge in [0.15, 0.2) is 0 Å². The second-order valence-corrected chi connectivity index (χ2v) is 40.8. The van der Waals surface area contributed by atoms with Gasteiger partial charge >= 0.3 is 63.5 Å². The van der Waals surface area contributed by atoms with Crippen molar-refractivity contribution < 1.29 is 7.66 Å². The van der Waals surface area contributed by atoms with Crippen molar-refractivity contribution in [1.82, 2.24) is 6.15 Å². The molecule has 0 rings (SSSR count). The Labute approximate surface area is 95.2 Å². The van der Waals surface area contributed by atoms with E-state index in [4.69, 9.17) is 55.8 Å². The number of hydrogen-bond acceptors (Lipinski definition) is 0. The van der Waals surface area contributed by atoms with Crippen molar-refractivity contribution in [2.24, 2.45) is 0 Å². The molecule has 8 heteroatoms. The van der Waals surface area contributed by atoms with E-state index in [2.05, 4.69) is 13.8 Å². The van der Waals surface area contributed by atoms with Crippen LogP contribution in [0.25, 0.3) is 0 Å². The Kier molecular flexibility index (Phi) is 9.10. The molecule has 0 saturated heterocycles. The Morgan fingerprint density at radius 3 is 0.833 bits per heavy atom. The summed E-state index contributed by atoms with van der Waals surface area (Å²) in [6, 6.07) is 0. The zero-order valence-corrected chi connectivity index (χ0v) is 13.3. The normalized spacial score (nSPS) is 16.0. The Balaban J connectivity index is -0.000000142. The maximum Gasteiger partial charge on any atom is -0.369 e. The number of hydrogen-bond donors (Lipinski definition) is 1. The summed E-state index contributed by atoms with van der Waals surface area (Å²) < 4.78 is 0. The molecule has 0 spiro atoms. The van der Waals surface area contributed by atoms with Gasteiger partial charge in [0.2, 0.25) is 0 Å². The fourth-order valence-corrected chi connectivity index (χ4v) is 0. The molecule has 0 bridgehead atoms. The molecule has 0 saturated carbocycles. The molecule has 0 aromatic heterocycles. The van der Waals surface area contributed by atoms with Crippen molar-refractivity contribution in [2.75, 3.05) is 0 Å². The Hall–Kier alpha value is 2.41. The van der Waals surface area contributed by atoms with E-state index in [-0.39, 0.29) is 6.15 Å². The first kappa shape index (κ1) is 19.9. The molecular formula is C4H14Cl6NTi-. The van der Waals surface area contributed by atoms with Crippen LogP contribution in [0.15, 0.2) is 0 Å². The fraction of sp³-hybridized carbons (Fsp3) is 1.00. The van der Waals surface area contributed by atoms with Gasteiger partial charge in [-0.15, -0.1) is 0 Å². The summed E-state index contributed by atoms with van der Waals surface area (Å²) in [5.74, 6) is 0. The monoisotopic (exact) mass is 334 g/mol. The van der Waals surface area contributed by atoms with Crippen molar-refractivity contribution in [3.8, 4) is 0 Å². The average molecular weight is 337 g/mol. The minimum atomic E-state index is -5.33. The van der Waals surface area contributed by atoms with Crippen molar-refractivity contribution in [2.45, 2.75) is 26.7 Å². The Bertz CT molecular complexity index is 97.9. The van der Waals surface area contributed by atoms with Crippen LogP contribution in [0.2, 0.25) is 0 Å². The third-order valence-electron chi connectivity index (χ3n) is 0.500. The molecule has 4 N–H and O–H groups in total. The predicted octanol–water partition coefficient (Wildman–Crippen LogP) is 6.32. The van der Waals surface area contributed by atoms with E-state index < -0.39 is 7.66 Å². The fourth-order valence-electron chi connectivity index (χ4n) is 0. The molecule has 0 heterocycles. The zero-order chi connectivity index (χ0) is 9.82. The summed E-state index contributed by atoms with van der Waals surface area (Å²) >= 11 is 0. The van der Waals surface area contributed by atoms with Crippen LogP contribution in [-0.4, -0.2) is 0 Å². The molecule has 0 atom stereocenters. The minimum absolute atomic E-state index is 0. The average Bonchev–Trinajstić information content (AvgIpc) is 1.57. The number of rotatable bonds is 1. The van der Waals surface area contributed by atoms with Crippen LogP contribution >= 0.6 is 55.8 Å². The van der Waals surface area contributed by atoms with Crippen molar-refractivity contribution in [3.63, 3.8) is 0 Å². The molecule has 12 heavy (non-hydrogen) atoms. The maximum atomic E-state index is 5.06. The summed E-state index contributed by atoms with van der Waals surface area (Å²) in [5.41, 5.74) is 0. The first-order valence-electron chi connectivity index (χ1n) is 3.05. The second kappa shape index (κ2) is 5.48. The van der Waals surface area contributed by atoms with Gasteiger partial charge in [0.25, 0.3) is 0 Å². The van der Waals surface area contributed by atoms with Gasteiger partial charge in [0, 0.05) is 0 Å². The molecule has 0 radical (unpaired) electrons. The van der Waals surface area contributed by atoms with Crippen LogP contribution in [0.4, 0.5) is 0 Å². The smallest absolute Gasteiger partial charge is 0.369 e. The van der Waals surface area contributed by atoms with Gasteiger partial charge in [-0.2, -0.15) is 0 Å². The molecule has 0 aliphatic rings. The molecule has 1 nitrogen and oxygen atoms in total. The maximum absolute atomic E-state index is 5.33. The van der Waals surface area contributed by atoms with Gasteiger partial charge in [-0.1, -0.05) is 26.7 Å². The van der Waals surface area contributed by atoms with Crippen molar-refractivity contribution >= 4 is 55.8 Å². The van der Waals surface area contributed by atoms with E-state index in [1.165, 1.54) is 12.8 Å². The number of quaternary nitrogens is 1. The SMILES string of the molecule is CCCC.[Cl][Ti-2]([Cl])([Cl])([Cl])([Cl])[Cl].[NH4+]. The molecule has 0 fully saturated rings. The summed E-state index contributed by atoms with van der Waals surface area (Å²) in [6.07, 6.45) is 2.64. The number of halogens is 6. The zero-order valence-electron chi connectivity index (χ0n) is 7.18. The molecular weight excluding hydrogens is 323 g/mol. The number of unbranched alkanes of at least 4 members (excludes halogenated alkanes) is 1. The quantitative estimate of drug-likeness (QED) is 0.544. The first-order valence-corrected chi connectivity index (χ1v) is 15.9. The van der Waals surface area contributed by atoms with Crippen LogP contribution in [0.3, 0.4) is 0 Å². The largest absolute Gasteiger partial charge is 0.369 e. The summed E-state index contributed by atoms with van der Waals surface area (Å²) in [6.45, 7) is 4.36. The van der Waals surface area contributed by atoms with Crippen LogP contribution in [0, 0.1) is 0 Å². The molecule has 0 aromatic carbocycles. The molecule has 0 aliphatic heterocycles. The van der Waals surface area contributed by atoms with E-state index in [1.807, 2.05) is 0 Å². The second-order valence-electron chi connectivity index (χ2n) is 2.07. The van der Waals surface area contributed by atoms with Gasteiger partial charge in [-0.3, -0.25) is 0 Å². The topological polar surface area (TPSA) is 36.5 Å². The van der Waals surface area contributed by atoms with E-state index in [0.717, 1.165) is 0 Å². The predicted molar refractivity (Wildman–Crippen MR) is 61.7 cm³/mol. The minimum Gasteiger partial charge on any atom is -0.369 e. The molecule has 0 aromatic rings.